The fourth-order valence-corrected chi connectivity index (χ4v) is 2.64. The zero-order valence-corrected chi connectivity index (χ0v) is 10.5. The van der Waals surface area contributed by atoms with Gasteiger partial charge in [0.05, 0.1) is 0 Å². The first-order valence-corrected chi connectivity index (χ1v) is 6.53. The highest BCUT2D eigenvalue weighted by Gasteiger charge is 2.45. The maximum absolute atomic E-state index is 12.2. The van der Waals surface area contributed by atoms with Crippen LogP contribution < -0.4 is 10.6 Å². The van der Waals surface area contributed by atoms with Gasteiger partial charge in [0, 0.05) is 17.8 Å². The van der Waals surface area contributed by atoms with E-state index in [-0.39, 0.29) is 5.91 Å². The van der Waals surface area contributed by atoms with Crippen LogP contribution in [0.1, 0.15) is 35.2 Å². The first-order chi connectivity index (χ1) is 9.11. The molecule has 0 atom stereocenters. The number of amides is 1. The van der Waals surface area contributed by atoms with Gasteiger partial charge < -0.3 is 15.7 Å². The van der Waals surface area contributed by atoms with Gasteiger partial charge in [0.2, 0.25) is 0 Å². The van der Waals surface area contributed by atoms with E-state index >= 15 is 0 Å². The van der Waals surface area contributed by atoms with Gasteiger partial charge in [-0.25, -0.2) is 4.79 Å². The van der Waals surface area contributed by atoms with Crippen LogP contribution in [-0.4, -0.2) is 29.1 Å². The number of hydrogen-bond donors (Lipinski definition) is 3. The molecule has 0 saturated heterocycles. The minimum absolute atomic E-state index is 0.307. The molecule has 0 unspecified atom stereocenters. The molecule has 0 aromatic heterocycles. The topological polar surface area (TPSA) is 78.4 Å². The lowest BCUT2D eigenvalue weighted by Gasteiger charge is -2.38. The van der Waals surface area contributed by atoms with E-state index in [9.17, 15) is 14.7 Å². The SMILES string of the molecule is O=C(NC1(C(=O)O)CCC1)c1ccc2c(c1)NCC2. The molecular formula is C14H16N2O3. The molecule has 0 bridgehead atoms. The van der Waals surface area contributed by atoms with Crippen LogP contribution in [0.5, 0.6) is 0 Å². The molecule has 1 aliphatic carbocycles. The summed E-state index contributed by atoms with van der Waals surface area (Å²) in [5.41, 5.74) is 1.64. The molecule has 1 aliphatic heterocycles. The summed E-state index contributed by atoms with van der Waals surface area (Å²) < 4.78 is 0. The van der Waals surface area contributed by atoms with E-state index in [1.807, 2.05) is 6.07 Å². The summed E-state index contributed by atoms with van der Waals surface area (Å²) in [4.78, 5) is 23.4. The number of benzene rings is 1. The highest BCUT2D eigenvalue weighted by molar-refractivity contribution is 5.99. The summed E-state index contributed by atoms with van der Waals surface area (Å²) in [6.45, 7) is 0.888. The lowest BCUT2D eigenvalue weighted by Crippen LogP contribution is -2.59. The Kier molecular flexibility index (Phi) is 2.69. The summed E-state index contributed by atoms with van der Waals surface area (Å²) in [6, 6.07) is 5.49. The third kappa shape index (κ3) is 1.95. The van der Waals surface area contributed by atoms with E-state index in [0.717, 1.165) is 25.1 Å². The fraction of sp³-hybridized carbons (Fsp3) is 0.429. The van der Waals surface area contributed by atoms with Gasteiger partial charge in [-0.3, -0.25) is 4.79 Å². The predicted octanol–water partition coefficient (Wildman–Crippen LogP) is 1.39. The molecule has 1 fully saturated rings. The van der Waals surface area contributed by atoms with Crippen LogP contribution in [0, 0.1) is 0 Å². The maximum Gasteiger partial charge on any atom is 0.329 e. The molecule has 2 aliphatic rings. The van der Waals surface area contributed by atoms with E-state index in [2.05, 4.69) is 10.6 Å². The quantitative estimate of drug-likeness (QED) is 0.767. The monoisotopic (exact) mass is 260 g/mol. The van der Waals surface area contributed by atoms with Crippen LogP contribution in [0.4, 0.5) is 5.69 Å². The smallest absolute Gasteiger partial charge is 0.329 e. The Morgan fingerprint density at radius 2 is 2.11 bits per heavy atom. The summed E-state index contributed by atoms with van der Waals surface area (Å²) in [5.74, 6) is -1.25. The van der Waals surface area contributed by atoms with Crippen molar-refractivity contribution in [3.63, 3.8) is 0 Å². The Bertz CT molecular complexity index is 550. The first-order valence-electron chi connectivity index (χ1n) is 6.53. The predicted molar refractivity (Wildman–Crippen MR) is 70.3 cm³/mol. The lowest BCUT2D eigenvalue weighted by molar-refractivity contribution is -0.148. The Morgan fingerprint density at radius 1 is 1.32 bits per heavy atom. The molecule has 1 aromatic rings. The van der Waals surface area contributed by atoms with Crippen molar-refractivity contribution in [2.75, 3.05) is 11.9 Å². The largest absolute Gasteiger partial charge is 0.480 e. The summed E-state index contributed by atoms with van der Waals surface area (Å²) in [6.07, 6.45) is 2.84. The van der Waals surface area contributed by atoms with Crippen molar-refractivity contribution in [3.8, 4) is 0 Å². The Labute approximate surface area is 111 Å². The highest BCUT2D eigenvalue weighted by Crippen LogP contribution is 2.32. The highest BCUT2D eigenvalue weighted by atomic mass is 16.4. The van der Waals surface area contributed by atoms with Gasteiger partial charge in [-0.15, -0.1) is 0 Å². The second-order valence-electron chi connectivity index (χ2n) is 5.24. The van der Waals surface area contributed by atoms with Crippen LogP contribution in [0.2, 0.25) is 0 Å². The van der Waals surface area contributed by atoms with Gasteiger partial charge in [-0.05, 0) is 43.4 Å². The number of carbonyl (C=O) groups is 2. The summed E-state index contributed by atoms with van der Waals surface area (Å²) >= 11 is 0. The van der Waals surface area contributed by atoms with Gasteiger partial charge in [0.25, 0.3) is 5.91 Å². The molecule has 5 heteroatoms. The van der Waals surface area contributed by atoms with Gasteiger partial charge in [-0.2, -0.15) is 0 Å². The van der Waals surface area contributed by atoms with Crippen molar-refractivity contribution in [1.82, 2.24) is 5.32 Å². The molecule has 19 heavy (non-hydrogen) atoms. The van der Waals surface area contributed by atoms with Crippen LogP contribution in [-0.2, 0) is 11.2 Å². The minimum atomic E-state index is -1.05. The normalized spacial score (nSPS) is 18.9. The molecule has 1 saturated carbocycles. The fourth-order valence-electron chi connectivity index (χ4n) is 2.64. The molecule has 3 rings (SSSR count). The van der Waals surface area contributed by atoms with Crippen molar-refractivity contribution in [2.24, 2.45) is 0 Å². The van der Waals surface area contributed by atoms with E-state index in [0.29, 0.717) is 18.4 Å². The molecule has 3 N–H and O–H groups in total. The van der Waals surface area contributed by atoms with Gasteiger partial charge in [0.15, 0.2) is 0 Å². The maximum atomic E-state index is 12.2. The number of nitrogens with one attached hydrogen (secondary N) is 2. The van der Waals surface area contributed by atoms with Crippen molar-refractivity contribution < 1.29 is 14.7 Å². The molecule has 1 aromatic carbocycles. The second-order valence-corrected chi connectivity index (χ2v) is 5.24. The molecule has 5 nitrogen and oxygen atoms in total. The number of hydrogen-bond acceptors (Lipinski definition) is 3. The summed E-state index contributed by atoms with van der Waals surface area (Å²) in [7, 11) is 0. The van der Waals surface area contributed by atoms with Gasteiger partial charge in [0.1, 0.15) is 5.54 Å². The zero-order chi connectivity index (χ0) is 13.5. The van der Waals surface area contributed by atoms with Crippen molar-refractivity contribution >= 4 is 17.6 Å². The number of carboxylic acid groups (broad SMARTS) is 1. The molecule has 100 valence electrons. The van der Waals surface area contributed by atoms with Gasteiger partial charge >= 0.3 is 5.97 Å². The number of anilines is 1. The number of fused-ring (bicyclic) bond motifs is 1. The Morgan fingerprint density at radius 3 is 2.74 bits per heavy atom. The summed E-state index contributed by atoms with van der Waals surface area (Å²) in [5, 5.41) is 15.1. The van der Waals surface area contributed by atoms with Crippen molar-refractivity contribution in [2.45, 2.75) is 31.2 Å². The third-order valence-corrected chi connectivity index (χ3v) is 4.05. The number of carbonyl (C=O) groups excluding carboxylic acids is 1. The number of rotatable bonds is 3. The second kappa shape index (κ2) is 4.26. The van der Waals surface area contributed by atoms with E-state index < -0.39 is 11.5 Å². The van der Waals surface area contributed by atoms with Crippen molar-refractivity contribution in [1.29, 1.82) is 0 Å². The van der Waals surface area contributed by atoms with E-state index in [1.165, 1.54) is 5.56 Å². The standard InChI is InChI=1S/C14H16N2O3/c17-12(16-14(13(18)19)5-1-6-14)10-3-2-9-4-7-15-11(9)8-10/h2-3,8,15H,1,4-7H2,(H,16,17)(H,18,19). The van der Waals surface area contributed by atoms with Crippen LogP contribution in [0.3, 0.4) is 0 Å². The third-order valence-electron chi connectivity index (χ3n) is 4.05. The molecule has 0 radical (unpaired) electrons. The van der Waals surface area contributed by atoms with E-state index in [4.69, 9.17) is 0 Å². The average Bonchev–Trinajstić information content (AvgIpc) is 2.79. The van der Waals surface area contributed by atoms with Crippen LogP contribution in [0.15, 0.2) is 18.2 Å². The molecule has 0 spiro atoms. The Hall–Kier alpha value is -2.04. The van der Waals surface area contributed by atoms with E-state index in [1.54, 1.807) is 12.1 Å². The average molecular weight is 260 g/mol. The number of carboxylic acids is 1. The van der Waals surface area contributed by atoms with Gasteiger partial charge in [-0.1, -0.05) is 6.07 Å². The van der Waals surface area contributed by atoms with Crippen LogP contribution in [0.25, 0.3) is 0 Å². The molecule has 1 heterocycles. The number of aliphatic carboxylic acids is 1. The molecular weight excluding hydrogens is 244 g/mol. The van der Waals surface area contributed by atoms with Crippen LogP contribution >= 0.6 is 0 Å². The van der Waals surface area contributed by atoms with Crippen molar-refractivity contribution in [3.05, 3.63) is 29.3 Å². The minimum Gasteiger partial charge on any atom is -0.480 e. The lowest BCUT2D eigenvalue weighted by atomic mass is 9.76. The molecule has 1 amide bonds. The Balaban J connectivity index is 1.79. The zero-order valence-electron chi connectivity index (χ0n) is 10.5. The first kappa shape index (κ1) is 12.0.